The van der Waals surface area contributed by atoms with Crippen molar-refractivity contribution in [3.8, 4) is 0 Å². The molecule has 0 aromatic rings. The molecule has 0 aliphatic rings. The summed E-state index contributed by atoms with van der Waals surface area (Å²) in [5.41, 5.74) is 1.42. The molecule has 0 amide bonds. The van der Waals surface area contributed by atoms with Gasteiger partial charge in [0.15, 0.2) is 8.32 Å². The minimum atomic E-state index is -1.98. The van der Waals surface area contributed by atoms with Gasteiger partial charge in [0.05, 0.1) is 0 Å². The van der Waals surface area contributed by atoms with Crippen molar-refractivity contribution in [2.45, 2.75) is 98.2 Å². The normalized spacial score (nSPS) is 10.0. The fourth-order valence-electron chi connectivity index (χ4n) is 2.00. The zero-order valence-corrected chi connectivity index (χ0v) is 21.2. The van der Waals surface area contributed by atoms with Crippen LogP contribution >= 0.6 is 0 Å². The SMILES string of the molecule is CC(C)[Si](O)(C(C)C)C(C)C.CCCO.CCCO.CCCO.[Zr]. The first kappa shape index (κ1) is 35.9. The van der Waals surface area contributed by atoms with E-state index in [1.165, 1.54) is 0 Å². The molecule has 0 aliphatic heterocycles. The molecule has 4 nitrogen and oxygen atoms in total. The standard InChI is InChI=1S/C9H22OSi.3C3H8O.Zr/c1-7(2)11(10,8(3)4)9(5)6;3*1-2-3-4;/h7-10H,1-6H3;3*4H,2-3H2,1H3;. The Labute approximate surface area is 172 Å². The van der Waals surface area contributed by atoms with Gasteiger partial charge in [-0.05, 0) is 35.9 Å². The molecule has 0 saturated heterocycles. The van der Waals surface area contributed by atoms with Crippen LogP contribution in [0, 0.1) is 0 Å². The number of aliphatic hydroxyl groups excluding tert-OH is 3. The summed E-state index contributed by atoms with van der Waals surface area (Å²) in [7, 11) is -1.98. The molecule has 0 bridgehead atoms. The van der Waals surface area contributed by atoms with Crippen LogP contribution in [-0.4, -0.2) is 48.3 Å². The fraction of sp³-hybridized carbons (Fsp3) is 1.00. The Morgan fingerprint density at radius 1 is 0.583 bits per heavy atom. The van der Waals surface area contributed by atoms with E-state index in [1.807, 2.05) is 20.8 Å². The van der Waals surface area contributed by atoms with Gasteiger partial charge in [-0.25, -0.2) is 0 Å². The molecule has 4 N–H and O–H groups in total. The fourth-order valence-corrected chi connectivity index (χ4v) is 6.00. The third kappa shape index (κ3) is 22.9. The average Bonchev–Trinajstić information content (AvgIpc) is 2.53. The maximum atomic E-state index is 10.4. The predicted octanol–water partition coefficient (Wildman–Crippen LogP) is 4.32. The van der Waals surface area contributed by atoms with Gasteiger partial charge in [0.1, 0.15) is 0 Å². The largest absolute Gasteiger partial charge is 0.431 e. The van der Waals surface area contributed by atoms with E-state index >= 15 is 0 Å². The molecule has 0 rings (SSSR count). The molecule has 0 aromatic heterocycles. The maximum absolute atomic E-state index is 10.4. The van der Waals surface area contributed by atoms with Crippen LogP contribution in [0.3, 0.4) is 0 Å². The van der Waals surface area contributed by atoms with Crippen molar-refractivity contribution in [3.05, 3.63) is 0 Å². The Bertz CT molecular complexity index is 166. The molecule has 0 fully saturated rings. The molecule has 150 valence electrons. The molecule has 6 heteroatoms. The van der Waals surface area contributed by atoms with E-state index in [-0.39, 0.29) is 26.2 Å². The van der Waals surface area contributed by atoms with Crippen LogP contribution in [0.2, 0.25) is 16.6 Å². The smallest absolute Gasteiger partial charge is 0.196 e. The molecule has 0 radical (unpaired) electrons. The second-order valence-corrected chi connectivity index (χ2v) is 11.8. The summed E-state index contributed by atoms with van der Waals surface area (Å²) < 4.78 is 0. The second kappa shape index (κ2) is 26.2. The van der Waals surface area contributed by atoms with Crippen molar-refractivity contribution >= 4 is 8.32 Å². The molecule has 0 saturated carbocycles. The number of hydrogen-bond donors (Lipinski definition) is 4. The zero-order chi connectivity index (χ0) is 19.5. The Morgan fingerprint density at radius 2 is 0.708 bits per heavy atom. The first-order valence-electron chi connectivity index (χ1n) is 9.12. The Hall–Kier alpha value is 0.940. The quantitative estimate of drug-likeness (QED) is 0.459. The van der Waals surface area contributed by atoms with Crippen molar-refractivity contribution < 1.29 is 46.3 Å². The Kier molecular flexibility index (Phi) is 39.2. The Balaban J connectivity index is -0.0000000772. The molecular weight excluding hydrogens is 400 g/mol. The minimum absolute atomic E-state index is 0. The van der Waals surface area contributed by atoms with Crippen molar-refractivity contribution in [2.24, 2.45) is 0 Å². The summed E-state index contributed by atoms with van der Waals surface area (Å²) in [5, 5.41) is 23.6. The summed E-state index contributed by atoms with van der Waals surface area (Å²) in [6.45, 7) is 19.6. The van der Waals surface area contributed by atoms with Gasteiger partial charge in [-0.3, -0.25) is 0 Å². The molecule has 0 spiro atoms. The summed E-state index contributed by atoms with van der Waals surface area (Å²) in [6.07, 6.45) is 2.62. The molecule has 0 aromatic carbocycles. The van der Waals surface area contributed by atoms with Crippen LogP contribution in [-0.2, 0) is 26.2 Å². The van der Waals surface area contributed by atoms with Crippen LogP contribution in [0.1, 0.15) is 81.6 Å². The molecule has 24 heavy (non-hydrogen) atoms. The van der Waals surface area contributed by atoms with E-state index in [1.54, 1.807) is 0 Å². The van der Waals surface area contributed by atoms with E-state index in [9.17, 15) is 4.80 Å². The van der Waals surface area contributed by atoms with Gasteiger partial charge in [0, 0.05) is 46.0 Å². The zero-order valence-electron chi connectivity index (χ0n) is 17.8. The summed E-state index contributed by atoms with van der Waals surface area (Å²) in [6, 6.07) is 0. The van der Waals surface area contributed by atoms with Crippen LogP contribution in [0.4, 0.5) is 0 Å². The number of rotatable bonds is 6. The van der Waals surface area contributed by atoms with Crippen LogP contribution in [0.25, 0.3) is 0 Å². The van der Waals surface area contributed by atoms with E-state index in [4.69, 9.17) is 15.3 Å². The third-order valence-corrected chi connectivity index (χ3v) is 8.99. The molecule has 0 unspecified atom stereocenters. The van der Waals surface area contributed by atoms with Crippen molar-refractivity contribution in [2.75, 3.05) is 19.8 Å². The summed E-state index contributed by atoms with van der Waals surface area (Å²) in [4.78, 5) is 10.4. The van der Waals surface area contributed by atoms with E-state index in [2.05, 4.69) is 41.5 Å². The number of hydrogen-bond acceptors (Lipinski definition) is 4. The predicted molar refractivity (Wildman–Crippen MR) is 105 cm³/mol. The van der Waals surface area contributed by atoms with E-state index < -0.39 is 8.32 Å². The van der Waals surface area contributed by atoms with Gasteiger partial charge < -0.3 is 20.1 Å². The molecule has 0 heterocycles. The van der Waals surface area contributed by atoms with Gasteiger partial charge in [-0.1, -0.05) is 62.3 Å². The van der Waals surface area contributed by atoms with Crippen LogP contribution < -0.4 is 0 Å². The number of aliphatic hydroxyl groups is 3. The van der Waals surface area contributed by atoms with Gasteiger partial charge in [-0.15, -0.1) is 0 Å². The average molecular weight is 446 g/mol. The van der Waals surface area contributed by atoms with Crippen molar-refractivity contribution in [1.29, 1.82) is 0 Å². The van der Waals surface area contributed by atoms with Gasteiger partial charge >= 0.3 is 0 Å². The van der Waals surface area contributed by atoms with Crippen molar-refractivity contribution in [3.63, 3.8) is 0 Å². The second-order valence-electron chi connectivity index (χ2n) is 6.52. The van der Waals surface area contributed by atoms with Gasteiger partial charge in [-0.2, -0.15) is 0 Å². The van der Waals surface area contributed by atoms with E-state index in [0.29, 0.717) is 36.4 Å². The summed E-state index contributed by atoms with van der Waals surface area (Å²) in [5.74, 6) is 0. The monoisotopic (exact) mass is 444 g/mol. The first-order valence-corrected chi connectivity index (χ1v) is 11.3. The molecule has 0 atom stereocenters. The topological polar surface area (TPSA) is 80.9 Å². The summed E-state index contributed by atoms with van der Waals surface area (Å²) >= 11 is 0. The Morgan fingerprint density at radius 3 is 0.708 bits per heavy atom. The van der Waals surface area contributed by atoms with Crippen LogP contribution in [0.5, 0.6) is 0 Å². The maximum Gasteiger partial charge on any atom is 0.196 e. The van der Waals surface area contributed by atoms with E-state index in [0.717, 1.165) is 19.3 Å². The minimum Gasteiger partial charge on any atom is -0.431 e. The molecule has 0 aliphatic carbocycles. The third-order valence-electron chi connectivity index (χ3n) is 3.45. The van der Waals surface area contributed by atoms with Gasteiger partial charge in [0.2, 0.25) is 0 Å². The van der Waals surface area contributed by atoms with Gasteiger partial charge in [0.25, 0.3) is 0 Å². The van der Waals surface area contributed by atoms with Crippen molar-refractivity contribution in [1.82, 2.24) is 0 Å². The first-order chi connectivity index (χ1) is 10.6. The molecular formula is C18H46O4SiZr. The van der Waals surface area contributed by atoms with Crippen LogP contribution in [0.15, 0.2) is 0 Å².